The van der Waals surface area contributed by atoms with Crippen LogP contribution in [-0.2, 0) is 0 Å². The summed E-state index contributed by atoms with van der Waals surface area (Å²) in [7, 11) is 0. The zero-order valence-electron chi connectivity index (χ0n) is 15.1. The standard InChI is InChI=1S/C20H31N3O/c1-12(2)5-18(11-21)23(17-3-4-17)20(24)22-19-15-7-13-6-14(9-15)10-16(19)8-13/h12-19H,3-10H2,1-2H3,(H,22,24). The zero-order chi connectivity index (χ0) is 16.8. The fourth-order valence-corrected chi connectivity index (χ4v) is 5.97. The molecule has 0 aliphatic heterocycles. The molecule has 0 heterocycles. The molecule has 0 aromatic rings. The lowest BCUT2D eigenvalue weighted by Gasteiger charge is -2.54. The van der Waals surface area contributed by atoms with Crippen LogP contribution < -0.4 is 5.32 Å². The molecule has 132 valence electrons. The maximum Gasteiger partial charge on any atom is 0.318 e. The Kier molecular flexibility index (Phi) is 4.22. The van der Waals surface area contributed by atoms with Gasteiger partial charge < -0.3 is 10.2 Å². The quantitative estimate of drug-likeness (QED) is 0.831. The van der Waals surface area contributed by atoms with Crippen LogP contribution in [0.15, 0.2) is 0 Å². The van der Waals surface area contributed by atoms with Crippen LogP contribution in [0.3, 0.4) is 0 Å². The molecule has 0 saturated heterocycles. The van der Waals surface area contributed by atoms with Gasteiger partial charge in [-0.1, -0.05) is 13.8 Å². The van der Waals surface area contributed by atoms with Crippen molar-refractivity contribution < 1.29 is 4.79 Å². The molecule has 0 aromatic carbocycles. The third kappa shape index (κ3) is 3.03. The maximum absolute atomic E-state index is 13.1. The van der Waals surface area contributed by atoms with E-state index in [0.717, 1.165) is 31.1 Å². The zero-order valence-corrected chi connectivity index (χ0v) is 15.1. The first-order valence-electron chi connectivity index (χ1n) is 10.0. The molecule has 5 aliphatic rings. The van der Waals surface area contributed by atoms with Crippen molar-refractivity contribution in [1.82, 2.24) is 10.2 Å². The van der Waals surface area contributed by atoms with Gasteiger partial charge in [-0.2, -0.15) is 5.26 Å². The molecule has 2 amide bonds. The highest BCUT2D eigenvalue weighted by Gasteiger charge is 2.49. The molecule has 1 N–H and O–H groups in total. The van der Waals surface area contributed by atoms with Gasteiger partial charge in [0.05, 0.1) is 6.07 Å². The van der Waals surface area contributed by atoms with E-state index in [0.29, 0.717) is 29.8 Å². The van der Waals surface area contributed by atoms with Crippen LogP contribution >= 0.6 is 0 Å². The highest BCUT2D eigenvalue weighted by atomic mass is 16.2. The predicted octanol–water partition coefficient (Wildman–Crippen LogP) is 3.92. The third-order valence-corrected chi connectivity index (χ3v) is 6.87. The van der Waals surface area contributed by atoms with E-state index in [1.54, 1.807) is 0 Å². The van der Waals surface area contributed by atoms with Crippen molar-refractivity contribution >= 4 is 6.03 Å². The van der Waals surface area contributed by atoms with E-state index in [-0.39, 0.29) is 12.1 Å². The molecule has 0 radical (unpaired) electrons. The van der Waals surface area contributed by atoms with E-state index in [2.05, 4.69) is 25.2 Å². The monoisotopic (exact) mass is 329 g/mol. The second-order valence-corrected chi connectivity index (χ2v) is 9.32. The summed E-state index contributed by atoms with van der Waals surface area (Å²) in [5.74, 6) is 3.67. The Balaban J connectivity index is 1.45. The number of urea groups is 1. The topological polar surface area (TPSA) is 56.1 Å². The Bertz CT molecular complexity index is 505. The molecule has 5 rings (SSSR count). The summed E-state index contributed by atoms with van der Waals surface area (Å²) in [4.78, 5) is 15.0. The average molecular weight is 329 g/mol. The summed E-state index contributed by atoms with van der Waals surface area (Å²) in [5, 5.41) is 13.0. The first kappa shape index (κ1) is 16.2. The van der Waals surface area contributed by atoms with Crippen LogP contribution in [0.2, 0.25) is 0 Å². The van der Waals surface area contributed by atoms with Crippen molar-refractivity contribution in [2.45, 2.75) is 83.3 Å². The lowest BCUT2D eigenvalue weighted by atomic mass is 9.54. The van der Waals surface area contributed by atoms with E-state index in [9.17, 15) is 10.1 Å². The van der Waals surface area contributed by atoms with Crippen molar-refractivity contribution in [1.29, 1.82) is 5.26 Å². The molecule has 1 unspecified atom stereocenters. The minimum Gasteiger partial charge on any atom is -0.335 e. The second-order valence-electron chi connectivity index (χ2n) is 9.32. The molecular formula is C20H31N3O. The van der Waals surface area contributed by atoms with E-state index in [1.165, 1.54) is 32.1 Å². The van der Waals surface area contributed by atoms with Crippen molar-refractivity contribution in [2.24, 2.45) is 29.6 Å². The molecule has 4 nitrogen and oxygen atoms in total. The van der Waals surface area contributed by atoms with Crippen molar-refractivity contribution in [3.8, 4) is 6.07 Å². The number of hydrogen-bond acceptors (Lipinski definition) is 2. The van der Waals surface area contributed by atoms with Gasteiger partial charge >= 0.3 is 6.03 Å². The summed E-state index contributed by atoms with van der Waals surface area (Å²) < 4.78 is 0. The van der Waals surface area contributed by atoms with E-state index < -0.39 is 0 Å². The van der Waals surface area contributed by atoms with Gasteiger partial charge in [0.15, 0.2) is 0 Å². The van der Waals surface area contributed by atoms with Gasteiger partial charge in [0, 0.05) is 12.1 Å². The van der Waals surface area contributed by atoms with E-state index >= 15 is 0 Å². The van der Waals surface area contributed by atoms with Crippen molar-refractivity contribution in [3.05, 3.63) is 0 Å². The highest BCUT2D eigenvalue weighted by Crippen LogP contribution is 2.53. The molecule has 5 fully saturated rings. The summed E-state index contributed by atoms with van der Waals surface area (Å²) in [6.07, 6.45) is 9.60. The molecule has 24 heavy (non-hydrogen) atoms. The van der Waals surface area contributed by atoms with E-state index in [1.807, 2.05) is 4.90 Å². The smallest absolute Gasteiger partial charge is 0.318 e. The van der Waals surface area contributed by atoms with Gasteiger partial charge in [0.1, 0.15) is 6.04 Å². The number of nitrogens with zero attached hydrogens (tertiary/aromatic N) is 2. The van der Waals surface area contributed by atoms with Crippen molar-refractivity contribution in [3.63, 3.8) is 0 Å². The average Bonchev–Trinajstić information content (AvgIpc) is 3.33. The van der Waals surface area contributed by atoms with Gasteiger partial charge in [-0.15, -0.1) is 0 Å². The molecule has 1 atom stereocenters. The largest absolute Gasteiger partial charge is 0.335 e. The van der Waals surface area contributed by atoms with Crippen LogP contribution in [0, 0.1) is 40.9 Å². The Morgan fingerprint density at radius 2 is 1.71 bits per heavy atom. The summed E-state index contributed by atoms with van der Waals surface area (Å²) in [6.45, 7) is 4.26. The summed E-state index contributed by atoms with van der Waals surface area (Å²) in [5.41, 5.74) is 0. The Morgan fingerprint density at radius 1 is 1.12 bits per heavy atom. The number of rotatable bonds is 5. The van der Waals surface area contributed by atoms with Gasteiger partial charge in [0.25, 0.3) is 0 Å². The van der Waals surface area contributed by atoms with Crippen LogP contribution in [0.1, 0.15) is 65.2 Å². The van der Waals surface area contributed by atoms with Crippen LogP contribution in [0.25, 0.3) is 0 Å². The third-order valence-electron chi connectivity index (χ3n) is 6.87. The lowest BCUT2D eigenvalue weighted by molar-refractivity contribution is -0.0115. The number of carbonyl (C=O) groups excluding carboxylic acids is 1. The Hall–Kier alpha value is -1.24. The highest BCUT2D eigenvalue weighted by molar-refractivity contribution is 5.76. The maximum atomic E-state index is 13.1. The van der Waals surface area contributed by atoms with E-state index in [4.69, 9.17) is 0 Å². The predicted molar refractivity (Wildman–Crippen MR) is 93.1 cm³/mol. The SMILES string of the molecule is CC(C)CC(C#N)N(C(=O)NC1C2CC3CC(C2)CC1C3)C1CC1. The van der Waals surface area contributed by atoms with Crippen LogP contribution in [-0.4, -0.2) is 29.1 Å². The van der Waals surface area contributed by atoms with Crippen LogP contribution in [0.4, 0.5) is 4.79 Å². The summed E-state index contributed by atoms with van der Waals surface area (Å²) in [6, 6.07) is 2.84. The number of nitrogens with one attached hydrogen (secondary N) is 1. The number of amides is 2. The molecule has 4 bridgehead atoms. The lowest BCUT2D eigenvalue weighted by Crippen LogP contribution is -2.59. The molecule has 0 aromatic heterocycles. The first-order valence-corrected chi connectivity index (χ1v) is 10.0. The minimum atomic E-state index is -0.269. The van der Waals surface area contributed by atoms with Crippen LogP contribution in [0.5, 0.6) is 0 Å². The molecule has 4 heteroatoms. The van der Waals surface area contributed by atoms with Gasteiger partial charge in [-0.3, -0.25) is 0 Å². The van der Waals surface area contributed by atoms with Gasteiger partial charge in [-0.25, -0.2) is 4.79 Å². The Morgan fingerprint density at radius 3 is 2.17 bits per heavy atom. The molecular weight excluding hydrogens is 298 g/mol. The van der Waals surface area contributed by atoms with Crippen molar-refractivity contribution in [2.75, 3.05) is 0 Å². The minimum absolute atomic E-state index is 0.0437. The molecule has 0 spiro atoms. The fourth-order valence-electron chi connectivity index (χ4n) is 5.97. The number of nitriles is 1. The van der Waals surface area contributed by atoms with Gasteiger partial charge in [-0.05, 0) is 81.0 Å². The van der Waals surface area contributed by atoms with Gasteiger partial charge in [0.2, 0.25) is 0 Å². The Labute approximate surface area is 146 Å². The fraction of sp³-hybridized carbons (Fsp3) is 0.900. The first-order chi connectivity index (χ1) is 11.5. The summed E-state index contributed by atoms with van der Waals surface area (Å²) >= 11 is 0. The number of hydrogen-bond donors (Lipinski definition) is 1. The second kappa shape index (κ2) is 6.24. The molecule has 5 aliphatic carbocycles. The number of carbonyl (C=O) groups is 1. The normalized spacial score (nSPS) is 38.0. The molecule has 5 saturated carbocycles.